The maximum Gasteiger partial charge on any atom is 0.186 e. The topological polar surface area (TPSA) is 65.0 Å². The largest absolute Gasteiger partial charge is 0.496 e. The summed E-state index contributed by atoms with van der Waals surface area (Å²) < 4.78 is 15.7. The van der Waals surface area contributed by atoms with Crippen molar-refractivity contribution in [2.45, 2.75) is 25.7 Å². The molecule has 2 unspecified atom stereocenters. The standard InChI is InChI=1S/C13H16O5/c1-7(14)11-6-8-9(16-2)4-5-10(17-3)12(8)13(15)18-11/h4-5,11,13,15H,6H2,1-3H3. The molecule has 1 N–H and O–H groups in total. The Balaban J connectivity index is 2.52. The zero-order valence-corrected chi connectivity index (χ0v) is 10.6. The van der Waals surface area contributed by atoms with E-state index in [1.165, 1.54) is 14.0 Å². The number of fused-ring (bicyclic) bond motifs is 1. The van der Waals surface area contributed by atoms with Crippen LogP contribution in [-0.4, -0.2) is 31.2 Å². The fourth-order valence-electron chi connectivity index (χ4n) is 2.17. The van der Waals surface area contributed by atoms with E-state index in [0.29, 0.717) is 23.5 Å². The molecular formula is C13H16O5. The number of aliphatic hydroxyl groups is 1. The van der Waals surface area contributed by atoms with Crippen LogP contribution in [0.25, 0.3) is 0 Å². The molecule has 1 aliphatic rings. The Kier molecular flexibility index (Phi) is 3.54. The number of ketones is 1. The van der Waals surface area contributed by atoms with Crippen LogP contribution in [0.4, 0.5) is 0 Å². The minimum Gasteiger partial charge on any atom is -0.496 e. The second-order valence-electron chi connectivity index (χ2n) is 4.15. The Bertz CT molecular complexity index is 469. The van der Waals surface area contributed by atoms with Gasteiger partial charge in [0, 0.05) is 12.0 Å². The Hall–Kier alpha value is -1.59. The number of ether oxygens (including phenoxy) is 3. The lowest BCUT2D eigenvalue weighted by Gasteiger charge is -2.30. The van der Waals surface area contributed by atoms with Crippen molar-refractivity contribution >= 4 is 5.78 Å². The van der Waals surface area contributed by atoms with E-state index in [1.54, 1.807) is 19.2 Å². The highest BCUT2D eigenvalue weighted by Gasteiger charge is 2.33. The van der Waals surface area contributed by atoms with Crippen molar-refractivity contribution < 1.29 is 24.1 Å². The predicted octanol–water partition coefficient (Wildman–Crippen LogP) is 1.22. The quantitative estimate of drug-likeness (QED) is 0.876. The number of Topliss-reactive ketones (excluding diaryl/α,β-unsaturated/α-hetero) is 1. The summed E-state index contributed by atoms with van der Waals surface area (Å²) in [6.45, 7) is 1.44. The van der Waals surface area contributed by atoms with Gasteiger partial charge in [0.15, 0.2) is 12.1 Å². The lowest BCUT2D eigenvalue weighted by atomic mass is 9.94. The SMILES string of the molecule is COc1ccc(OC)c2c1CC(C(C)=O)OC2O. The van der Waals surface area contributed by atoms with Crippen molar-refractivity contribution in [3.63, 3.8) is 0 Å². The normalized spacial score (nSPS) is 22.2. The number of aliphatic hydroxyl groups excluding tert-OH is 1. The molecule has 18 heavy (non-hydrogen) atoms. The molecule has 0 saturated heterocycles. The van der Waals surface area contributed by atoms with Gasteiger partial charge in [-0.2, -0.15) is 0 Å². The molecule has 0 aliphatic carbocycles. The number of hydrogen-bond donors (Lipinski definition) is 1. The van der Waals surface area contributed by atoms with Gasteiger partial charge in [0.2, 0.25) is 0 Å². The van der Waals surface area contributed by atoms with Gasteiger partial charge in [-0.05, 0) is 19.1 Å². The van der Waals surface area contributed by atoms with Crippen LogP contribution >= 0.6 is 0 Å². The van der Waals surface area contributed by atoms with Crippen LogP contribution in [0.5, 0.6) is 11.5 Å². The second-order valence-corrected chi connectivity index (χ2v) is 4.15. The van der Waals surface area contributed by atoms with Gasteiger partial charge < -0.3 is 19.3 Å². The molecule has 5 heteroatoms. The van der Waals surface area contributed by atoms with Crippen LogP contribution in [0.2, 0.25) is 0 Å². The molecule has 0 radical (unpaired) electrons. The van der Waals surface area contributed by atoms with Crippen LogP contribution in [0.3, 0.4) is 0 Å². The fraction of sp³-hybridized carbons (Fsp3) is 0.462. The molecule has 98 valence electrons. The second kappa shape index (κ2) is 4.96. The minimum absolute atomic E-state index is 0.121. The van der Waals surface area contributed by atoms with E-state index in [9.17, 15) is 9.90 Å². The first kappa shape index (κ1) is 12.9. The first-order valence-corrected chi connectivity index (χ1v) is 5.66. The zero-order chi connectivity index (χ0) is 13.3. The molecule has 1 aromatic rings. The zero-order valence-electron chi connectivity index (χ0n) is 10.6. The first-order valence-electron chi connectivity index (χ1n) is 5.66. The van der Waals surface area contributed by atoms with E-state index < -0.39 is 12.4 Å². The molecule has 2 rings (SSSR count). The van der Waals surface area contributed by atoms with Crippen LogP contribution in [0, 0.1) is 0 Å². The highest BCUT2D eigenvalue weighted by molar-refractivity contribution is 5.81. The molecule has 2 atom stereocenters. The number of methoxy groups -OCH3 is 2. The third kappa shape index (κ3) is 2.07. The maximum absolute atomic E-state index is 11.4. The smallest absolute Gasteiger partial charge is 0.186 e. The van der Waals surface area contributed by atoms with Crippen LogP contribution in [0.1, 0.15) is 24.3 Å². The summed E-state index contributed by atoms with van der Waals surface area (Å²) in [7, 11) is 3.07. The summed E-state index contributed by atoms with van der Waals surface area (Å²) in [5, 5.41) is 10.0. The van der Waals surface area contributed by atoms with Gasteiger partial charge in [-0.1, -0.05) is 0 Å². The molecule has 1 aliphatic heterocycles. The average Bonchev–Trinajstić information content (AvgIpc) is 2.37. The molecule has 1 heterocycles. The van der Waals surface area contributed by atoms with Crippen molar-refractivity contribution in [1.82, 2.24) is 0 Å². The van der Waals surface area contributed by atoms with Crippen molar-refractivity contribution in [3.8, 4) is 11.5 Å². The van der Waals surface area contributed by atoms with Crippen LogP contribution in [-0.2, 0) is 16.0 Å². The summed E-state index contributed by atoms with van der Waals surface area (Å²) in [5.74, 6) is 1.03. The number of rotatable bonds is 3. The molecule has 0 saturated carbocycles. The summed E-state index contributed by atoms with van der Waals surface area (Å²) >= 11 is 0. The number of carbonyl (C=O) groups excluding carboxylic acids is 1. The molecule has 0 spiro atoms. The summed E-state index contributed by atoms with van der Waals surface area (Å²) in [6.07, 6.45) is -1.44. The van der Waals surface area contributed by atoms with Gasteiger partial charge in [-0.3, -0.25) is 4.79 Å². The van der Waals surface area contributed by atoms with Gasteiger partial charge in [0.05, 0.1) is 19.8 Å². The maximum atomic E-state index is 11.4. The van der Waals surface area contributed by atoms with Gasteiger partial charge in [0.25, 0.3) is 0 Å². The highest BCUT2D eigenvalue weighted by atomic mass is 16.6. The first-order chi connectivity index (χ1) is 8.58. The molecule has 5 nitrogen and oxygen atoms in total. The van der Waals surface area contributed by atoms with E-state index in [2.05, 4.69) is 0 Å². The van der Waals surface area contributed by atoms with E-state index >= 15 is 0 Å². The van der Waals surface area contributed by atoms with Gasteiger partial charge in [0.1, 0.15) is 17.6 Å². The molecule has 1 aromatic carbocycles. The summed E-state index contributed by atoms with van der Waals surface area (Å²) in [5.41, 5.74) is 1.30. The van der Waals surface area contributed by atoms with E-state index in [1.807, 2.05) is 0 Å². The Morgan fingerprint density at radius 1 is 1.33 bits per heavy atom. The third-order valence-corrected chi connectivity index (χ3v) is 3.10. The number of benzene rings is 1. The van der Waals surface area contributed by atoms with E-state index in [-0.39, 0.29) is 5.78 Å². The van der Waals surface area contributed by atoms with Crippen LogP contribution in [0.15, 0.2) is 12.1 Å². The molecule has 0 aromatic heterocycles. The van der Waals surface area contributed by atoms with E-state index in [4.69, 9.17) is 14.2 Å². The molecule has 0 amide bonds. The van der Waals surface area contributed by atoms with Crippen LogP contribution < -0.4 is 9.47 Å². The molecule has 0 bridgehead atoms. The predicted molar refractivity (Wildman–Crippen MR) is 63.8 cm³/mol. The van der Waals surface area contributed by atoms with Gasteiger partial charge in [-0.25, -0.2) is 0 Å². The Morgan fingerprint density at radius 2 is 1.94 bits per heavy atom. The lowest BCUT2D eigenvalue weighted by Crippen LogP contribution is -2.32. The number of carbonyl (C=O) groups is 1. The molecule has 0 fully saturated rings. The van der Waals surface area contributed by atoms with Gasteiger partial charge in [-0.15, -0.1) is 0 Å². The number of hydrogen-bond acceptors (Lipinski definition) is 5. The average molecular weight is 252 g/mol. The molecular weight excluding hydrogens is 236 g/mol. The third-order valence-electron chi connectivity index (χ3n) is 3.10. The van der Waals surface area contributed by atoms with Crippen molar-refractivity contribution in [2.75, 3.05) is 14.2 Å². The van der Waals surface area contributed by atoms with Crippen molar-refractivity contribution in [2.24, 2.45) is 0 Å². The fourth-order valence-corrected chi connectivity index (χ4v) is 2.17. The van der Waals surface area contributed by atoms with E-state index in [0.717, 1.165) is 5.56 Å². The highest BCUT2D eigenvalue weighted by Crippen LogP contribution is 2.40. The Labute approximate surface area is 105 Å². The lowest BCUT2D eigenvalue weighted by molar-refractivity contribution is -0.165. The van der Waals surface area contributed by atoms with Gasteiger partial charge >= 0.3 is 0 Å². The summed E-state index contributed by atoms with van der Waals surface area (Å²) in [6, 6.07) is 3.46. The monoisotopic (exact) mass is 252 g/mol. The van der Waals surface area contributed by atoms with Crippen molar-refractivity contribution in [1.29, 1.82) is 0 Å². The van der Waals surface area contributed by atoms with Crippen molar-refractivity contribution in [3.05, 3.63) is 23.3 Å². The Morgan fingerprint density at radius 3 is 2.50 bits per heavy atom. The minimum atomic E-state index is -1.17. The summed E-state index contributed by atoms with van der Waals surface area (Å²) in [4.78, 5) is 11.4.